The highest BCUT2D eigenvalue weighted by Crippen LogP contribution is 2.28. The molecule has 24 heavy (non-hydrogen) atoms. The van der Waals surface area contributed by atoms with Gasteiger partial charge < -0.3 is 15.4 Å². The molecule has 134 valence electrons. The van der Waals surface area contributed by atoms with Crippen molar-refractivity contribution in [3.63, 3.8) is 0 Å². The summed E-state index contributed by atoms with van der Waals surface area (Å²) in [6.45, 7) is 5.85. The lowest BCUT2D eigenvalue weighted by atomic mass is 10.3. The number of ether oxygens (including phenoxy) is 1. The molecule has 2 unspecified atom stereocenters. The molecular weight excluding hydrogens is 415 g/mol. The molecule has 2 saturated carbocycles. The number of nitrogens with zero attached hydrogens (tertiary/aromatic N) is 2. The molecule has 0 aromatic carbocycles. The summed E-state index contributed by atoms with van der Waals surface area (Å²) in [5.74, 6) is 2.39. The minimum Gasteiger partial charge on any atom is -0.474 e. The highest BCUT2D eigenvalue weighted by molar-refractivity contribution is 14.0. The van der Waals surface area contributed by atoms with E-state index in [4.69, 9.17) is 4.74 Å². The molecule has 2 fully saturated rings. The van der Waals surface area contributed by atoms with Gasteiger partial charge in [-0.2, -0.15) is 0 Å². The molecule has 3 rings (SSSR count). The molecule has 6 heteroatoms. The predicted octanol–water partition coefficient (Wildman–Crippen LogP) is 3.48. The smallest absolute Gasteiger partial charge is 0.213 e. The molecule has 2 aliphatic carbocycles. The van der Waals surface area contributed by atoms with Gasteiger partial charge >= 0.3 is 0 Å². The van der Waals surface area contributed by atoms with Crippen LogP contribution in [0.1, 0.15) is 51.5 Å². The third-order valence-corrected chi connectivity index (χ3v) is 4.58. The van der Waals surface area contributed by atoms with Crippen molar-refractivity contribution < 1.29 is 4.74 Å². The summed E-state index contributed by atoms with van der Waals surface area (Å²) >= 11 is 0. The van der Waals surface area contributed by atoms with Gasteiger partial charge in [-0.15, -0.1) is 24.0 Å². The minimum absolute atomic E-state index is 0. The van der Waals surface area contributed by atoms with Crippen LogP contribution in [0, 0.1) is 5.92 Å². The van der Waals surface area contributed by atoms with E-state index >= 15 is 0 Å². The van der Waals surface area contributed by atoms with Crippen LogP contribution in [0.15, 0.2) is 23.3 Å². The van der Waals surface area contributed by atoms with Gasteiger partial charge in [0.05, 0.1) is 6.54 Å². The van der Waals surface area contributed by atoms with Crippen LogP contribution >= 0.6 is 24.0 Å². The zero-order valence-corrected chi connectivity index (χ0v) is 17.0. The minimum atomic E-state index is 0. The van der Waals surface area contributed by atoms with E-state index < -0.39 is 0 Å². The number of hydrogen-bond acceptors (Lipinski definition) is 3. The van der Waals surface area contributed by atoms with Crippen LogP contribution in [-0.2, 0) is 6.54 Å². The molecule has 1 aromatic heterocycles. The molecule has 0 radical (unpaired) electrons. The Kier molecular flexibility index (Phi) is 7.58. The van der Waals surface area contributed by atoms with Gasteiger partial charge in [0.1, 0.15) is 6.10 Å². The molecular formula is C18H29IN4O. The van der Waals surface area contributed by atoms with E-state index in [9.17, 15) is 0 Å². The zero-order chi connectivity index (χ0) is 16.1. The second kappa shape index (κ2) is 9.44. The Morgan fingerprint density at radius 1 is 1.33 bits per heavy atom. The Balaban J connectivity index is 0.00000208. The van der Waals surface area contributed by atoms with Crippen LogP contribution in [0.3, 0.4) is 0 Å². The van der Waals surface area contributed by atoms with Crippen molar-refractivity contribution in [2.75, 3.05) is 6.54 Å². The second-order valence-corrected chi connectivity index (χ2v) is 6.69. The van der Waals surface area contributed by atoms with Gasteiger partial charge in [0, 0.05) is 24.8 Å². The number of guanidine groups is 1. The average Bonchev–Trinajstić information content (AvgIpc) is 3.01. The van der Waals surface area contributed by atoms with Crippen LogP contribution in [0.2, 0.25) is 0 Å². The van der Waals surface area contributed by atoms with Crippen molar-refractivity contribution in [1.82, 2.24) is 15.6 Å². The number of aromatic nitrogens is 1. The Bertz CT molecular complexity index is 528. The molecule has 0 spiro atoms. The van der Waals surface area contributed by atoms with E-state index in [-0.39, 0.29) is 24.0 Å². The van der Waals surface area contributed by atoms with Crippen LogP contribution in [-0.4, -0.2) is 29.6 Å². The van der Waals surface area contributed by atoms with Gasteiger partial charge in [-0.25, -0.2) is 9.98 Å². The lowest BCUT2D eigenvalue weighted by Crippen LogP contribution is -2.39. The lowest BCUT2D eigenvalue weighted by molar-refractivity contribution is 0.201. The van der Waals surface area contributed by atoms with Crippen molar-refractivity contribution >= 4 is 29.9 Å². The summed E-state index contributed by atoms with van der Waals surface area (Å²) < 4.78 is 5.90. The summed E-state index contributed by atoms with van der Waals surface area (Å²) in [5, 5.41) is 6.76. The third-order valence-electron chi connectivity index (χ3n) is 4.58. The Hall–Kier alpha value is -1.05. The Labute approximate surface area is 162 Å². The number of hydrogen-bond donors (Lipinski definition) is 2. The molecule has 1 heterocycles. The quantitative estimate of drug-likeness (QED) is 0.401. The van der Waals surface area contributed by atoms with Gasteiger partial charge in [-0.3, -0.25) is 0 Å². The molecule has 2 aliphatic rings. The van der Waals surface area contributed by atoms with Gasteiger partial charge in [-0.1, -0.05) is 13.0 Å². The number of aliphatic imine (C=N–C) groups is 1. The fraction of sp³-hybridized carbons (Fsp3) is 0.667. The first kappa shape index (κ1) is 19.3. The highest BCUT2D eigenvalue weighted by Gasteiger charge is 2.33. The fourth-order valence-corrected chi connectivity index (χ4v) is 2.94. The largest absolute Gasteiger partial charge is 0.474 e. The summed E-state index contributed by atoms with van der Waals surface area (Å²) in [6, 6.07) is 4.60. The van der Waals surface area contributed by atoms with Crippen molar-refractivity contribution in [3.8, 4) is 5.88 Å². The SMILES string of the molecule is CCNC(=NCc1ccc(OC2CCCC2)nc1)NC1CC1C.I. The van der Waals surface area contributed by atoms with Crippen LogP contribution in [0.5, 0.6) is 5.88 Å². The van der Waals surface area contributed by atoms with Crippen molar-refractivity contribution in [3.05, 3.63) is 23.9 Å². The number of pyridine rings is 1. The molecule has 0 aliphatic heterocycles. The first-order chi connectivity index (χ1) is 11.2. The monoisotopic (exact) mass is 444 g/mol. The molecule has 0 bridgehead atoms. The Morgan fingerprint density at radius 2 is 2.08 bits per heavy atom. The topological polar surface area (TPSA) is 58.5 Å². The fourth-order valence-electron chi connectivity index (χ4n) is 2.94. The maximum atomic E-state index is 5.90. The standard InChI is InChI=1S/C18H28N4O.HI/c1-3-19-18(22-16-10-13(16)2)21-12-14-8-9-17(20-11-14)23-15-6-4-5-7-15;/h8-9,11,13,15-16H,3-7,10,12H2,1-2H3,(H2,19,21,22);1H. The maximum Gasteiger partial charge on any atom is 0.213 e. The first-order valence-corrected chi connectivity index (χ1v) is 8.91. The third kappa shape index (κ3) is 5.79. The van der Waals surface area contributed by atoms with Gasteiger partial charge in [0.15, 0.2) is 5.96 Å². The molecule has 5 nitrogen and oxygen atoms in total. The van der Waals surface area contributed by atoms with Gasteiger partial charge in [0.25, 0.3) is 0 Å². The van der Waals surface area contributed by atoms with Crippen LogP contribution < -0.4 is 15.4 Å². The summed E-state index contributed by atoms with van der Waals surface area (Å²) in [5.41, 5.74) is 1.10. The number of halogens is 1. The normalized spacial score (nSPS) is 23.5. The van der Waals surface area contributed by atoms with E-state index in [2.05, 4.69) is 40.5 Å². The first-order valence-electron chi connectivity index (χ1n) is 8.91. The van der Waals surface area contributed by atoms with E-state index in [1.54, 1.807) is 0 Å². The molecule has 0 saturated heterocycles. The number of rotatable bonds is 6. The van der Waals surface area contributed by atoms with Gasteiger partial charge in [-0.05, 0) is 50.5 Å². The summed E-state index contributed by atoms with van der Waals surface area (Å²) in [7, 11) is 0. The summed E-state index contributed by atoms with van der Waals surface area (Å²) in [6.07, 6.45) is 8.33. The van der Waals surface area contributed by atoms with Crippen molar-refractivity contribution in [2.45, 2.75) is 64.6 Å². The predicted molar refractivity (Wildman–Crippen MR) is 108 cm³/mol. The second-order valence-electron chi connectivity index (χ2n) is 6.69. The van der Waals surface area contributed by atoms with Crippen molar-refractivity contribution in [1.29, 1.82) is 0 Å². The molecule has 1 aromatic rings. The maximum absolute atomic E-state index is 5.90. The molecule has 2 atom stereocenters. The number of nitrogens with one attached hydrogen (secondary N) is 2. The lowest BCUT2D eigenvalue weighted by Gasteiger charge is -2.12. The van der Waals surface area contributed by atoms with Crippen molar-refractivity contribution in [2.24, 2.45) is 10.9 Å². The zero-order valence-electron chi connectivity index (χ0n) is 14.6. The van der Waals surface area contributed by atoms with E-state index in [1.807, 2.05) is 12.3 Å². The van der Waals surface area contributed by atoms with E-state index in [0.717, 1.165) is 42.7 Å². The van der Waals surface area contributed by atoms with Crippen LogP contribution in [0.4, 0.5) is 0 Å². The Morgan fingerprint density at radius 3 is 2.67 bits per heavy atom. The van der Waals surface area contributed by atoms with E-state index in [1.165, 1.54) is 19.3 Å². The molecule has 2 N–H and O–H groups in total. The summed E-state index contributed by atoms with van der Waals surface area (Å²) in [4.78, 5) is 9.06. The molecule has 0 amide bonds. The van der Waals surface area contributed by atoms with Crippen LogP contribution in [0.25, 0.3) is 0 Å². The van der Waals surface area contributed by atoms with Gasteiger partial charge in [0.2, 0.25) is 5.88 Å². The average molecular weight is 444 g/mol. The highest BCUT2D eigenvalue weighted by atomic mass is 127. The van der Waals surface area contributed by atoms with E-state index in [0.29, 0.717) is 18.7 Å².